The summed E-state index contributed by atoms with van der Waals surface area (Å²) >= 11 is 6.18. The van der Waals surface area contributed by atoms with Crippen molar-refractivity contribution in [3.63, 3.8) is 0 Å². The molecule has 144 valence electrons. The van der Waals surface area contributed by atoms with Gasteiger partial charge in [-0.3, -0.25) is 0 Å². The molecule has 8 heteroatoms. The van der Waals surface area contributed by atoms with E-state index in [1.54, 1.807) is 6.20 Å². The van der Waals surface area contributed by atoms with Crippen molar-refractivity contribution in [2.75, 3.05) is 41.3 Å². The molecule has 4 rings (SSSR count). The van der Waals surface area contributed by atoms with Crippen LogP contribution in [0.5, 0.6) is 0 Å². The summed E-state index contributed by atoms with van der Waals surface area (Å²) < 4.78 is 13.1. The van der Waals surface area contributed by atoms with Crippen LogP contribution in [0.2, 0.25) is 5.02 Å². The third kappa shape index (κ3) is 4.14. The van der Waals surface area contributed by atoms with Gasteiger partial charge in [0.15, 0.2) is 5.82 Å². The normalized spacial score (nSPS) is 14.2. The highest BCUT2D eigenvalue weighted by Gasteiger charge is 2.19. The third-order valence-electron chi connectivity index (χ3n) is 4.77. The van der Waals surface area contributed by atoms with E-state index >= 15 is 0 Å². The van der Waals surface area contributed by atoms with Gasteiger partial charge in [-0.2, -0.15) is 10.1 Å². The lowest BCUT2D eigenvalue weighted by Crippen LogP contribution is -2.46. The summed E-state index contributed by atoms with van der Waals surface area (Å²) in [4.78, 5) is 8.99. The molecule has 1 N–H and O–H groups in total. The number of anilines is 4. The zero-order chi connectivity index (χ0) is 19.5. The zero-order valence-electron chi connectivity index (χ0n) is 15.4. The van der Waals surface area contributed by atoms with E-state index in [-0.39, 0.29) is 5.82 Å². The fourth-order valence-corrected chi connectivity index (χ4v) is 3.33. The number of hydrogen-bond donors (Lipinski definition) is 1. The number of benzene rings is 2. The number of aryl methyl sites for hydroxylation is 1. The number of piperazine rings is 1. The molecule has 0 saturated carbocycles. The Kier molecular flexibility index (Phi) is 5.25. The van der Waals surface area contributed by atoms with Gasteiger partial charge in [0.25, 0.3) is 0 Å². The first-order valence-corrected chi connectivity index (χ1v) is 9.45. The monoisotopic (exact) mass is 398 g/mol. The second-order valence-corrected chi connectivity index (χ2v) is 7.08. The molecule has 0 bridgehead atoms. The van der Waals surface area contributed by atoms with Gasteiger partial charge in [-0.05, 0) is 48.9 Å². The summed E-state index contributed by atoms with van der Waals surface area (Å²) in [6, 6.07) is 12.3. The van der Waals surface area contributed by atoms with Gasteiger partial charge in [-0.25, -0.2) is 4.39 Å². The Labute approximate surface area is 168 Å². The van der Waals surface area contributed by atoms with Crippen molar-refractivity contribution in [2.24, 2.45) is 0 Å². The van der Waals surface area contributed by atoms with Gasteiger partial charge in [0.2, 0.25) is 5.95 Å². The highest BCUT2D eigenvalue weighted by molar-refractivity contribution is 6.31. The minimum atomic E-state index is -0.218. The molecule has 0 spiro atoms. The topological polar surface area (TPSA) is 57.2 Å². The third-order valence-corrected chi connectivity index (χ3v) is 5.18. The molecule has 1 fully saturated rings. The van der Waals surface area contributed by atoms with Crippen LogP contribution in [0, 0.1) is 12.7 Å². The number of hydrogen-bond acceptors (Lipinski definition) is 6. The van der Waals surface area contributed by atoms with Crippen LogP contribution in [0.15, 0.2) is 48.7 Å². The van der Waals surface area contributed by atoms with Crippen molar-refractivity contribution >= 4 is 34.7 Å². The van der Waals surface area contributed by atoms with Gasteiger partial charge in [-0.1, -0.05) is 17.7 Å². The van der Waals surface area contributed by atoms with E-state index in [4.69, 9.17) is 11.6 Å². The van der Waals surface area contributed by atoms with Crippen LogP contribution in [0.1, 0.15) is 5.56 Å². The van der Waals surface area contributed by atoms with Gasteiger partial charge in [0.1, 0.15) is 5.82 Å². The second-order valence-electron chi connectivity index (χ2n) is 6.68. The highest BCUT2D eigenvalue weighted by Crippen LogP contribution is 2.23. The number of nitrogens with one attached hydrogen (secondary N) is 1. The number of halogens is 2. The van der Waals surface area contributed by atoms with Gasteiger partial charge in [0.05, 0.1) is 6.20 Å². The summed E-state index contributed by atoms with van der Waals surface area (Å²) in [5.74, 6) is 0.984. The molecule has 0 aliphatic carbocycles. The fourth-order valence-electron chi connectivity index (χ4n) is 3.15. The average Bonchev–Trinajstić information content (AvgIpc) is 2.72. The van der Waals surface area contributed by atoms with E-state index in [1.807, 2.05) is 37.3 Å². The molecular formula is C20H20ClFN6. The maximum absolute atomic E-state index is 13.1. The van der Waals surface area contributed by atoms with Crippen molar-refractivity contribution in [1.29, 1.82) is 0 Å². The van der Waals surface area contributed by atoms with Gasteiger partial charge in [0, 0.05) is 42.6 Å². The quantitative estimate of drug-likeness (QED) is 0.715. The van der Waals surface area contributed by atoms with Gasteiger partial charge >= 0.3 is 0 Å². The van der Waals surface area contributed by atoms with E-state index in [0.29, 0.717) is 11.0 Å². The van der Waals surface area contributed by atoms with Crippen molar-refractivity contribution < 1.29 is 4.39 Å². The molecule has 1 aliphatic rings. The first-order chi connectivity index (χ1) is 13.6. The lowest BCUT2D eigenvalue weighted by molar-refractivity contribution is 0.624. The molecule has 0 amide bonds. The van der Waals surface area contributed by atoms with E-state index in [2.05, 4.69) is 30.3 Å². The van der Waals surface area contributed by atoms with Crippen molar-refractivity contribution in [1.82, 2.24) is 15.2 Å². The molecule has 1 aliphatic heterocycles. The van der Waals surface area contributed by atoms with Crippen LogP contribution in [0.4, 0.5) is 27.5 Å². The molecule has 0 radical (unpaired) electrons. The molecule has 3 aromatic rings. The second kappa shape index (κ2) is 7.98. The van der Waals surface area contributed by atoms with E-state index in [0.717, 1.165) is 48.9 Å². The molecule has 0 atom stereocenters. The van der Waals surface area contributed by atoms with E-state index < -0.39 is 0 Å². The molecule has 6 nitrogen and oxygen atoms in total. The molecule has 1 aromatic heterocycles. The Bertz CT molecular complexity index is 957. The van der Waals surface area contributed by atoms with E-state index in [1.165, 1.54) is 12.1 Å². The van der Waals surface area contributed by atoms with Crippen LogP contribution in [-0.4, -0.2) is 41.4 Å². The molecular weight excluding hydrogens is 379 g/mol. The molecule has 2 heterocycles. The Morgan fingerprint density at radius 2 is 1.71 bits per heavy atom. The Morgan fingerprint density at radius 3 is 2.43 bits per heavy atom. The van der Waals surface area contributed by atoms with Crippen LogP contribution >= 0.6 is 11.6 Å². The number of rotatable bonds is 4. The van der Waals surface area contributed by atoms with Crippen molar-refractivity contribution in [3.05, 3.63) is 65.1 Å². The first kappa shape index (κ1) is 18.4. The van der Waals surface area contributed by atoms with E-state index in [9.17, 15) is 4.39 Å². The zero-order valence-corrected chi connectivity index (χ0v) is 16.2. The Balaban J connectivity index is 1.42. The van der Waals surface area contributed by atoms with Gasteiger partial charge in [-0.15, -0.1) is 5.10 Å². The average molecular weight is 399 g/mol. The molecule has 2 aromatic carbocycles. The standard InChI is InChI=1S/C20H20ClFN6/c1-14-2-5-16(12-18(14)21)24-20-25-19(13-23-26-20)28-10-8-27(9-11-28)17-6-3-15(22)4-7-17/h2-7,12-13H,8-11H2,1H3,(H,24,25,26). The summed E-state index contributed by atoms with van der Waals surface area (Å²) in [6.45, 7) is 5.20. The summed E-state index contributed by atoms with van der Waals surface area (Å²) in [6.07, 6.45) is 1.67. The summed E-state index contributed by atoms with van der Waals surface area (Å²) in [5.41, 5.74) is 2.86. The maximum Gasteiger partial charge on any atom is 0.249 e. The van der Waals surface area contributed by atoms with Crippen LogP contribution in [0.25, 0.3) is 0 Å². The lowest BCUT2D eigenvalue weighted by Gasteiger charge is -2.36. The number of nitrogens with zero attached hydrogens (tertiary/aromatic N) is 5. The predicted molar refractivity (Wildman–Crippen MR) is 110 cm³/mol. The molecule has 0 unspecified atom stereocenters. The van der Waals surface area contributed by atoms with Crippen LogP contribution in [-0.2, 0) is 0 Å². The van der Waals surface area contributed by atoms with Crippen molar-refractivity contribution in [2.45, 2.75) is 6.92 Å². The van der Waals surface area contributed by atoms with Crippen LogP contribution < -0.4 is 15.1 Å². The molecule has 1 saturated heterocycles. The van der Waals surface area contributed by atoms with Crippen molar-refractivity contribution in [3.8, 4) is 0 Å². The minimum absolute atomic E-state index is 0.218. The van der Waals surface area contributed by atoms with Crippen LogP contribution in [0.3, 0.4) is 0 Å². The SMILES string of the molecule is Cc1ccc(Nc2nncc(N3CCN(c4ccc(F)cc4)CC3)n2)cc1Cl. The summed E-state index contributed by atoms with van der Waals surface area (Å²) in [5, 5.41) is 12.0. The Morgan fingerprint density at radius 1 is 1.00 bits per heavy atom. The number of aromatic nitrogens is 3. The smallest absolute Gasteiger partial charge is 0.249 e. The lowest BCUT2D eigenvalue weighted by atomic mass is 10.2. The van der Waals surface area contributed by atoms with Gasteiger partial charge < -0.3 is 15.1 Å². The largest absolute Gasteiger partial charge is 0.368 e. The summed E-state index contributed by atoms with van der Waals surface area (Å²) in [7, 11) is 0. The predicted octanol–water partition coefficient (Wildman–Crippen LogP) is 4.04. The molecule has 28 heavy (non-hydrogen) atoms. The maximum atomic E-state index is 13.1. The minimum Gasteiger partial charge on any atom is -0.368 e. The highest BCUT2D eigenvalue weighted by atomic mass is 35.5. The fraction of sp³-hybridized carbons (Fsp3) is 0.250. The first-order valence-electron chi connectivity index (χ1n) is 9.07. The Hall–Kier alpha value is -2.93.